The Hall–Kier alpha value is -3.48. The molecule has 0 saturated heterocycles. The average molecular weight is 364 g/mol. The van der Waals surface area contributed by atoms with Crippen LogP contribution < -0.4 is 10.9 Å². The van der Waals surface area contributed by atoms with Gasteiger partial charge in [0.25, 0.3) is 11.5 Å². The van der Waals surface area contributed by atoms with Crippen LogP contribution in [-0.2, 0) is 20.0 Å². The predicted molar refractivity (Wildman–Crippen MR) is 101 cm³/mol. The van der Waals surface area contributed by atoms with Crippen LogP contribution in [0.15, 0.2) is 59.7 Å². The molecule has 0 fully saturated rings. The summed E-state index contributed by atoms with van der Waals surface area (Å²) in [5, 5.41) is 6.66. The molecule has 2 heterocycles. The highest BCUT2D eigenvalue weighted by atomic mass is 16.2. The van der Waals surface area contributed by atoms with E-state index < -0.39 is 11.5 Å². The molecule has 0 saturated carbocycles. The van der Waals surface area contributed by atoms with E-state index in [4.69, 9.17) is 0 Å². The summed E-state index contributed by atoms with van der Waals surface area (Å²) in [4.78, 5) is 37.5. The molecule has 138 valence electrons. The van der Waals surface area contributed by atoms with E-state index in [1.807, 2.05) is 30.3 Å². The van der Waals surface area contributed by atoms with Gasteiger partial charge in [0.1, 0.15) is 5.56 Å². The molecule has 0 unspecified atom stereocenters. The molecule has 0 aliphatic carbocycles. The number of carbonyl (C=O) groups is 2. The van der Waals surface area contributed by atoms with E-state index in [0.717, 1.165) is 5.56 Å². The number of Topliss-reactive ketones (excluding diaryl/α,β-unsaturated/α-hetero) is 1. The number of hydrogen-bond donors (Lipinski definition) is 1. The standard InChI is InChI=1S/C20H20N4O3/c1-21-19(26)17-10-15(18(25)11-16-8-9-23(2)22-16)13-24(20(17)27)12-14-6-4-3-5-7-14/h3-10,13H,11-12H2,1-2H3,(H,21,26). The first-order valence-electron chi connectivity index (χ1n) is 8.50. The Morgan fingerprint density at radius 1 is 1.15 bits per heavy atom. The zero-order chi connectivity index (χ0) is 19.4. The lowest BCUT2D eigenvalue weighted by Gasteiger charge is -2.11. The number of hydrogen-bond acceptors (Lipinski definition) is 4. The summed E-state index contributed by atoms with van der Waals surface area (Å²) >= 11 is 0. The Bertz CT molecular complexity index is 1030. The molecule has 7 heteroatoms. The van der Waals surface area contributed by atoms with E-state index in [9.17, 15) is 14.4 Å². The van der Waals surface area contributed by atoms with Crippen LogP contribution in [-0.4, -0.2) is 33.1 Å². The molecule has 0 radical (unpaired) electrons. The zero-order valence-corrected chi connectivity index (χ0v) is 15.2. The summed E-state index contributed by atoms with van der Waals surface area (Å²) in [5.41, 5.74) is 1.34. The quantitative estimate of drug-likeness (QED) is 0.670. The molecule has 0 atom stereocenters. The van der Waals surface area contributed by atoms with Crippen molar-refractivity contribution in [2.75, 3.05) is 7.05 Å². The van der Waals surface area contributed by atoms with Crippen molar-refractivity contribution < 1.29 is 9.59 Å². The summed E-state index contributed by atoms with van der Waals surface area (Å²) in [5.74, 6) is -0.727. The second-order valence-electron chi connectivity index (χ2n) is 6.22. The van der Waals surface area contributed by atoms with E-state index in [1.54, 1.807) is 24.0 Å². The predicted octanol–water partition coefficient (Wildman–Crippen LogP) is 1.42. The van der Waals surface area contributed by atoms with E-state index in [-0.39, 0.29) is 24.3 Å². The number of pyridine rings is 1. The van der Waals surface area contributed by atoms with Crippen LogP contribution in [0.3, 0.4) is 0 Å². The van der Waals surface area contributed by atoms with Crippen LogP contribution in [0.2, 0.25) is 0 Å². The third-order valence-corrected chi connectivity index (χ3v) is 4.19. The molecular formula is C20H20N4O3. The second-order valence-corrected chi connectivity index (χ2v) is 6.22. The normalized spacial score (nSPS) is 10.6. The van der Waals surface area contributed by atoms with E-state index in [1.165, 1.54) is 23.9 Å². The summed E-state index contributed by atoms with van der Waals surface area (Å²) < 4.78 is 3.01. The van der Waals surface area contributed by atoms with Gasteiger partial charge in [0.2, 0.25) is 0 Å². The molecule has 7 nitrogen and oxygen atoms in total. The molecular weight excluding hydrogens is 344 g/mol. The Balaban J connectivity index is 2.00. The van der Waals surface area contributed by atoms with Crippen LogP contribution in [0.5, 0.6) is 0 Å². The minimum absolute atomic E-state index is 0.0553. The summed E-state index contributed by atoms with van der Waals surface area (Å²) in [6, 6.07) is 12.5. The maximum absolute atomic E-state index is 12.7. The number of carbonyl (C=O) groups excluding carboxylic acids is 2. The van der Waals surface area contributed by atoms with Crippen LogP contribution in [0.4, 0.5) is 0 Å². The molecule has 0 aliphatic heterocycles. The molecule has 3 aromatic rings. The van der Waals surface area contributed by atoms with Crippen LogP contribution in [0, 0.1) is 0 Å². The Labute approximate surface area is 156 Å². The van der Waals surface area contributed by atoms with E-state index in [2.05, 4.69) is 10.4 Å². The first-order chi connectivity index (χ1) is 13.0. The second kappa shape index (κ2) is 7.82. The Morgan fingerprint density at radius 2 is 1.89 bits per heavy atom. The SMILES string of the molecule is CNC(=O)c1cc(C(=O)Cc2ccn(C)n2)cn(Cc2ccccc2)c1=O. The van der Waals surface area contributed by atoms with Gasteiger partial charge in [0.15, 0.2) is 5.78 Å². The highest BCUT2D eigenvalue weighted by molar-refractivity contribution is 6.00. The van der Waals surface area contributed by atoms with Gasteiger partial charge in [-0.05, 0) is 17.7 Å². The number of nitrogens with one attached hydrogen (secondary N) is 1. The lowest BCUT2D eigenvalue weighted by molar-refractivity contribution is 0.0961. The van der Waals surface area contributed by atoms with Crippen molar-refractivity contribution in [2.45, 2.75) is 13.0 Å². The van der Waals surface area contributed by atoms with Gasteiger partial charge in [-0.3, -0.25) is 19.1 Å². The maximum Gasteiger partial charge on any atom is 0.263 e. The van der Waals surface area contributed by atoms with Crippen LogP contribution in [0.1, 0.15) is 32.0 Å². The van der Waals surface area contributed by atoms with Crippen molar-refractivity contribution in [1.82, 2.24) is 19.7 Å². The molecule has 1 amide bonds. The van der Waals surface area contributed by atoms with Crippen molar-refractivity contribution in [3.63, 3.8) is 0 Å². The van der Waals surface area contributed by atoms with Crippen molar-refractivity contribution in [3.05, 3.63) is 87.6 Å². The lowest BCUT2D eigenvalue weighted by atomic mass is 10.1. The Morgan fingerprint density at radius 3 is 2.52 bits per heavy atom. The average Bonchev–Trinajstić information content (AvgIpc) is 3.08. The number of nitrogens with zero attached hydrogens (tertiary/aromatic N) is 3. The van der Waals surface area contributed by atoms with E-state index >= 15 is 0 Å². The number of ketones is 1. The number of aromatic nitrogens is 3. The van der Waals surface area contributed by atoms with Crippen molar-refractivity contribution in [3.8, 4) is 0 Å². The number of aryl methyl sites for hydroxylation is 1. The Kier molecular flexibility index (Phi) is 5.30. The van der Waals surface area contributed by atoms with Gasteiger partial charge in [0, 0.05) is 32.1 Å². The molecule has 0 aliphatic rings. The fourth-order valence-corrected chi connectivity index (χ4v) is 2.81. The van der Waals surface area contributed by atoms with Crippen molar-refractivity contribution in [2.24, 2.45) is 7.05 Å². The molecule has 1 N–H and O–H groups in total. The van der Waals surface area contributed by atoms with Crippen LogP contribution in [0.25, 0.3) is 0 Å². The molecule has 3 rings (SSSR count). The molecule has 0 bridgehead atoms. The highest BCUT2D eigenvalue weighted by Crippen LogP contribution is 2.09. The number of rotatable bonds is 6. The largest absolute Gasteiger partial charge is 0.355 e. The third kappa shape index (κ3) is 4.20. The number of benzene rings is 1. The molecule has 27 heavy (non-hydrogen) atoms. The fourth-order valence-electron chi connectivity index (χ4n) is 2.81. The zero-order valence-electron chi connectivity index (χ0n) is 15.2. The minimum Gasteiger partial charge on any atom is -0.355 e. The van der Waals surface area contributed by atoms with Gasteiger partial charge in [0.05, 0.1) is 18.7 Å². The number of amides is 1. The monoisotopic (exact) mass is 364 g/mol. The van der Waals surface area contributed by atoms with Gasteiger partial charge in [-0.25, -0.2) is 0 Å². The molecule has 2 aromatic heterocycles. The van der Waals surface area contributed by atoms with Gasteiger partial charge >= 0.3 is 0 Å². The fraction of sp³-hybridized carbons (Fsp3) is 0.200. The van der Waals surface area contributed by atoms with Gasteiger partial charge in [-0.1, -0.05) is 30.3 Å². The summed E-state index contributed by atoms with van der Waals surface area (Å²) in [6.07, 6.45) is 3.36. The summed E-state index contributed by atoms with van der Waals surface area (Å²) in [6.45, 7) is 0.272. The van der Waals surface area contributed by atoms with E-state index in [0.29, 0.717) is 11.3 Å². The molecule has 1 aromatic carbocycles. The van der Waals surface area contributed by atoms with Gasteiger partial charge in [-0.2, -0.15) is 5.10 Å². The highest BCUT2D eigenvalue weighted by Gasteiger charge is 2.17. The van der Waals surface area contributed by atoms with Crippen molar-refractivity contribution in [1.29, 1.82) is 0 Å². The molecule has 0 spiro atoms. The topological polar surface area (TPSA) is 86.0 Å². The third-order valence-electron chi connectivity index (χ3n) is 4.19. The lowest BCUT2D eigenvalue weighted by Crippen LogP contribution is -2.32. The van der Waals surface area contributed by atoms with Crippen LogP contribution >= 0.6 is 0 Å². The first kappa shape index (κ1) is 18.3. The van der Waals surface area contributed by atoms with Crippen molar-refractivity contribution >= 4 is 11.7 Å². The smallest absolute Gasteiger partial charge is 0.263 e. The minimum atomic E-state index is -0.519. The summed E-state index contributed by atoms with van der Waals surface area (Å²) in [7, 11) is 3.23. The van der Waals surface area contributed by atoms with Gasteiger partial charge in [-0.15, -0.1) is 0 Å². The maximum atomic E-state index is 12.7. The first-order valence-corrected chi connectivity index (χ1v) is 8.50. The van der Waals surface area contributed by atoms with Gasteiger partial charge < -0.3 is 9.88 Å².